The van der Waals surface area contributed by atoms with Crippen molar-refractivity contribution in [3.05, 3.63) is 47.9 Å². The van der Waals surface area contributed by atoms with E-state index in [4.69, 9.17) is 8.22 Å². The number of aromatic nitrogens is 2. The van der Waals surface area contributed by atoms with Crippen LogP contribution in [0.25, 0.3) is 11.3 Å². The summed E-state index contributed by atoms with van der Waals surface area (Å²) in [6.07, 6.45) is 1.54. The van der Waals surface area contributed by atoms with Gasteiger partial charge in [0.15, 0.2) is 0 Å². The Morgan fingerprint density at radius 3 is 2.86 bits per heavy atom. The molecule has 0 saturated carbocycles. The number of hydrogen-bond acceptors (Lipinski definition) is 2. The van der Waals surface area contributed by atoms with Crippen LogP contribution in [-0.4, -0.2) is 9.97 Å². The van der Waals surface area contributed by atoms with E-state index in [1.807, 2.05) is 0 Å². The highest BCUT2D eigenvalue weighted by molar-refractivity contribution is 5.61. The molecule has 0 spiro atoms. The first kappa shape index (κ1) is 4.22. The second-order valence-corrected chi connectivity index (χ2v) is 2.81. The summed E-state index contributed by atoms with van der Waals surface area (Å²) in [5.41, 5.74) is 0.287. The Morgan fingerprint density at radius 1 is 1.14 bits per heavy atom. The van der Waals surface area contributed by atoms with Gasteiger partial charge in [0.2, 0.25) is 0 Å². The highest BCUT2D eigenvalue weighted by Gasteiger charge is 2.02. The Kier molecular flexibility index (Phi) is 1.08. The Labute approximate surface area is 92.1 Å². The summed E-state index contributed by atoms with van der Waals surface area (Å²) in [5, 5.41) is 0. The molecule has 70 valence electrons. The molecule has 0 aliphatic heterocycles. The van der Waals surface area contributed by atoms with E-state index in [-0.39, 0.29) is 11.4 Å². The molecular formula is C12H12N2. The minimum Gasteiger partial charge on any atom is -0.258 e. The fraction of sp³-hybridized carbons (Fsp3) is 0.167. The van der Waals surface area contributed by atoms with E-state index in [1.54, 1.807) is 18.2 Å². The molecule has 0 bridgehead atoms. The zero-order valence-electron chi connectivity index (χ0n) is 13.4. The molecule has 2 nitrogen and oxygen atoms in total. The largest absolute Gasteiger partial charge is 0.258 e. The van der Waals surface area contributed by atoms with E-state index in [0.29, 0.717) is 11.3 Å². The van der Waals surface area contributed by atoms with Crippen LogP contribution in [0.3, 0.4) is 0 Å². The molecule has 2 heterocycles. The molecule has 2 aromatic rings. The molecule has 0 atom stereocenters. The SMILES string of the molecule is [2H]C([2H])([2H])c1ccc(-c2ccccn2)c(C([2H])([2H])[2H])n1. The maximum absolute atomic E-state index is 7.52. The molecule has 0 amide bonds. The first-order chi connectivity index (χ1) is 9.19. The first-order valence-corrected chi connectivity index (χ1v) is 4.13. The Bertz CT molecular complexity index is 604. The molecule has 0 saturated heterocycles. The van der Waals surface area contributed by atoms with Gasteiger partial charge in [0.25, 0.3) is 0 Å². The van der Waals surface area contributed by atoms with Crippen LogP contribution in [0.2, 0.25) is 0 Å². The van der Waals surface area contributed by atoms with E-state index in [0.717, 1.165) is 0 Å². The summed E-state index contributed by atoms with van der Waals surface area (Å²) in [6, 6.07) is 7.85. The van der Waals surface area contributed by atoms with Crippen molar-refractivity contribution in [3.63, 3.8) is 0 Å². The number of rotatable bonds is 1. The molecule has 14 heavy (non-hydrogen) atoms. The predicted molar refractivity (Wildman–Crippen MR) is 56.9 cm³/mol. The van der Waals surface area contributed by atoms with Crippen LogP contribution in [0.5, 0.6) is 0 Å². The summed E-state index contributed by atoms with van der Waals surface area (Å²) >= 11 is 0. The standard InChI is InChI=1S/C12H12N2/c1-9-6-7-11(10(2)14-9)12-5-3-4-8-13-12/h3-8H,1-2H3/i1D3,2D3. The molecule has 0 aliphatic rings. The number of nitrogens with zero attached hydrogens (tertiary/aromatic N) is 2. The van der Waals surface area contributed by atoms with Crippen molar-refractivity contribution in [2.24, 2.45) is 0 Å². The van der Waals surface area contributed by atoms with Gasteiger partial charge in [-0.2, -0.15) is 0 Å². The highest BCUT2D eigenvalue weighted by Crippen LogP contribution is 2.19. The van der Waals surface area contributed by atoms with Crippen LogP contribution in [-0.2, 0) is 0 Å². The van der Waals surface area contributed by atoms with Gasteiger partial charge in [0, 0.05) is 31.4 Å². The van der Waals surface area contributed by atoms with E-state index < -0.39 is 13.7 Å². The number of aryl methyl sites for hydroxylation is 2. The number of hydrogen-bond donors (Lipinski definition) is 0. The molecule has 0 radical (unpaired) electrons. The summed E-state index contributed by atoms with van der Waals surface area (Å²) in [6.45, 7) is -4.95. The van der Waals surface area contributed by atoms with E-state index in [1.165, 1.54) is 18.3 Å². The molecule has 0 aliphatic carbocycles. The fourth-order valence-electron chi connectivity index (χ4n) is 1.19. The lowest BCUT2D eigenvalue weighted by Crippen LogP contribution is -1.91. The molecule has 2 heteroatoms. The lowest BCUT2D eigenvalue weighted by atomic mass is 10.1. The van der Waals surface area contributed by atoms with Crippen LogP contribution in [0.1, 0.15) is 19.6 Å². The normalized spacial score (nSPS) is 18.3. The third-order valence-electron chi connectivity index (χ3n) is 1.84. The van der Waals surface area contributed by atoms with Crippen molar-refractivity contribution in [3.8, 4) is 11.3 Å². The molecule has 0 N–H and O–H groups in total. The van der Waals surface area contributed by atoms with Crippen LogP contribution >= 0.6 is 0 Å². The van der Waals surface area contributed by atoms with Gasteiger partial charge in [-0.3, -0.25) is 9.97 Å². The van der Waals surface area contributed by atoms with Crippen LogP contribution in [0.4, 0.5) is 0 Å². The minimum absolute atomic E-state index is 0.233. The van der Waals surface area contributed by atoms with Gasteiger partial charge in [-0.15, -0.1) is 0 Å². The van der Waals surface area contributed by atoms with Gasteiger partial charge >= 0.3 is 0 Å². The van der Waals surface area contributed by atoms with E-state index in [9.17, 15) is 0 Å². The monoisotopic (exact) mass is 190 g/mol. The van der Waals surface area contributed by atoms with Gasteiger partial charge in [-0.05, 0) is 38.0 Å². The van der Waals surface area contributed by atoms with Crippen molar-refractivity contribution in [1.82, 2.24) is 9.97 Å². The maximum Gasteiger partial charge on any atom is 0.0720 e. The Morgan fingerprint density at radius 2 is 2.14 bits per heavy atom. The number of pyridine rings is 2. The summed E-state index contributed by atoms with van der Waals surface area (Å²) in [5.74, 6) is 0. The minimum atomic E-state index is -2.51. The third-order valence-corrected chi connectivity index (χ3v) is 1.84. The Hall–Kier alpha value is -1.70. The highest BCUT2D eigenvalue weighted by atomic mass is 14.7. The van der Waals surface area contributed by atoms with Crippen molar-refractivity contribution in [2.45, 2.75) is 13.7 Å². The van der Waals surface area contributed by atoms with Gasteiger partial charge in [0.05, 0.1) is 5.69 Å². The zero-order chi connectivity index (χ0) is 15.0. The fourth-order valence-corrected chi connectivity index (χ4v) is 1.19. The van der Waals surface area contributed by atoms with Gasteiger partial charge in [-0.25, -0.2) is 0 Å². The first-order valence-electron chi connectivity index (χ1n) is 7.13. The van der Waals surface area contributed by atoms with Crippen molar-refractivity contribution in [2.75, 3.05) is 0 Å². The average molecular weight is 190 g/mol. The quantitative estimate of drug-likeness (QED) is 0.691. The molecule has 0 unspecified atom stereocenters. The van der Waals surface area contributed by atoms with Gasteiger partial charge in [0.1, 0.15) is 0 Å². The summed E-state index contributed by atoms with van der Waals surface area (Å²) in [7, 11) is 0. The molecular weight excluding hydrogens is 172 g/mol. The molecule has 2 aromatic heterocycles. The zero-order valence-corrected chi connectivity index (χ0v) is 7.36. The maximum atomic E-state index is 7.52. The van der Waals surface area contributed by atoms with Crippen molar-refractivity contribution >= 4 is 0 Å². The van der Waals surface area contributed by atoms with E-state index >= 15 is 0 Å². The van der Waals surface area contributed by atoms with Crippen LogP contribution < -0.4 is 0 Å². The Balaban J connectivity index is 2.65. The lowest BCUT2D eigenvalue weighted by Gasteiger charge is -2.04. The predicted octanol–water partition coefficient (Wildman–Crippen LogP) is 2.76. The smallest absolute Gasteiger partial charge is 0.0720 e. The van der Waals surface area contributed by atoms with Crippen molar-refractivity contribution < 1.29 is 8.22 Å². The van der Waals surface area contributed by atoms with Crippen LogP contribution in [0, 0.1) is 13.7 Å². The second kappa shape index (κ2) is 3.58. The summed E-state index contributed by atoms with van der Waals surface area (Å²) in [4.78, 5) is 7.91. The third kappa shape index (κ3) is 1.64. The topological polar surface area (TPSA) is 25.8 Å². The van der Waals surface area contributed by atoms with E-state index in [2.05, 4.69) is 9.97 Å². The molecule has 0 fully saturated rings. The molecule has 2 rings (SSSR count). The lowest BCUT2D eigenvalue weighted by molar-refractivity contribution is 1.12. The average Bonchev–Trinajstić information content (AvgIpc) is 2.37. The molecule has 0 aromatic carbocycles. The van der Waals surface area contributed by atoms with Gasteiger partial charge in [-0.1, -0.05) is 6.07 Å². The van der Waals surface area contributed by atoms with Crippen LogP contribution in [0.15, 0.2) is 36.5 Å². The van der Waals surface area contributed by atoms with Crippen molar-refractivity contribution in [1.29, 1.82) is 0 Å². The van der Waals surface area contributed by atoms with Gasteiger partial charge < -0.3 is 0 Å². The second-order valence-electron chi connectivity index (χ2n) is 2.81. The summed E-state index contributed by atoms with van der Waals surface area (Å²) < 4.78 is 44.5.